The summed E-state index contributed by atoms with van der Waals surface area (Å²) in [4.78, 5) is 16.7. The van der Waals surface area contributed by atoms with Crippen LogP contribution in [-0.4, -0.2) is 60.3 Å². The number of nitrogens with zero attached hydrogens (tertiary/aromatic N) is 3. The van der Waals surface area contributed by atoms with Crippen LogP contribution in [0.15, 0.2) is 70.9 Å². The highest BCUT2D eigenvalue weighted by atomic mass is 32.2. The van der Waals surface area contributed by atoms with E-state index in [1.54, 1.807) is 31.4 Å². The number of aromatic nitrogens is 2. The highest BCUT2D eigenvalue weighted by Gasteiger charge is 2.34. The third-order valence-electron chi connectivity index (χ3n) is 8.82. The van der Waals surface area contributed by atoms with Crippen molar-refractivity contribution in [3.8, 4) is 11.5 Å². The molecule has 3 heterocycles. The number of nitrogens with one attached hydrogen (secondary N) is 1. The van der Waals surface area contributed by atoms with Gasteiger partial charge in [-0.3, -0.25) is 9.98 Å². The number of aryl methyl sites for hydroxylation is 1. The van der Waals surface area contributed by atoms with Gasteiger partial charge >= 0.3 is 0 Å². The number of aliphatic hydroxyl groups excluding tert-OH is 1. The summed E-state index contributed by atoms with van der Waals surface area (Å²) >= 11 is 0. The molecule has 1 aliphatic rings. The quantitative estimate of drug-likeness (QED) is 0.253. The van der Waals surface area contributed by atoms with Crippen LogP contribution in [0, 0.1) is 11.2 Å². The van der Waals surface area contributed by atoms with E-state index in [4.69, 9.17) is 15.5 Å². The van der Waals surface area contributed by atoms with Crippen LogP contribution in [0.4, 0.5) is 4.39 Å². The van der Waals surface area contributed by atoms with Crippen LogP contribution < -0.4 is 10.5 Å². The first kappa shape index (κ1) is 33.3. The van der Waals surface area contributed by atoms with E-state index in [-0.39, 0.29) is 36.1 Å². The van der Waals surface area contributed by atoms with Gasteiger partial charge in [-0.15, -0.1) is 0 Å². The Labute approximate surface area is 269 Å². The van der Waals surface area contributed by atoms with Crippen LogP contribution in [0.5, 0.6) is 11.5 Å². The SMILES string of the molecule is CN=C1N=C(N)[C@@](C)(c2cccc(CCO)c2)CCCC(C)(C)CS(=O)(=O)CCc2c(c(F)cc3[nH]ccc23)Oc2ccnc1c2. The van der Waals surface area contributed by atoms with Gasteiger partial charge in [0.15, 0.2) is 27.2 Å². The molecule has 2 aromatic heterocycles. The van der Waals surface area contributed by atoms with E-state index in [0.29, 0.717) is 59.4 Å². The van der Waals surface area contributed by atoms with E-state index in [0.717, 1.165) is 11.1 Å². The minimum Gasteiger partial charge on any atom is -0.454 e. The van der Waals surface area contributed by atoms with E-state index >= 15 is 4.39 Å². The molecule has 0 fully saturated rings. The highest BCUT2D eigenvalue weighted by molar-refractivity contribution is 7.91. The Morgan fingerprint density at radius 2 is 1.93 bits per heavy atom. The molecule has 2 bridgehead atoms. The monoisotopic (exact) mass is 647 g/mol. The third-order valence-corrected chi connectivity index (χ3v) is 10.9. The number of pyridine rings is 1. The molecule has 0 saturated carbocycles. The molecule has 0 unspecified atom stereocenters. The lowest BCUT2D eigenvalue weighted by molar-refractivity contribution is 0.299. The molecule has 1 aliphatic heterocycles. The second-order valence-corrected chi connectivity index (χ2v) is 15.2. The lowest BCUT2D eigenvalue weighted by Crippen LogP contribution is -2.40. The Morgan fingerprint density at radius 1 is 1.13 bits per heavy atom. The molecule has 46 heavy (non-hydrogen) atoms. The Hall–Kier alpha value is -4.09. The Bertz CT molecular complexity index is 1900. The van der Waals surface area contributed by atoms with Crippen LogP contribution in [-0.2, 0) is 28.1 Å². The number of hydrogen-bond acceptors (Lipinski definition) is 7. The van der Waals surface area contributed by atoms with Gasteiger partial charge in [0.05, 0.1) is 11.5 Å². The van der Waals surface area contributed by atoms with E-state index in [1.165, 1.54) is 12.3 Å². The van der Waals surface area contributed by atoms with Crippen LogP contribution in [0.1, 0.15) is 62.4 Å². The van der Waals surface area contributed by atoms with Crippen molar-refractivity contribution in [3.05, 3.63) is 89.1 Å². The molecule has 4 aromatic rings. The standard InChI is InChI=1S/C35H42FN5O4S/c1-34(2)13-6-14-35(3,24-8-5-7-23(19-24)11-17-42)33(37)41-32(38-4)30-20-25(9-15-40-30)45-31-27(12-18-46(43,44)22-34)26-10-16-39-29(26)21-28(31)36/h5,7-10,15-16,19-21,39,42H,6,11-14,17-18,22H2,1-4H3,(H2,37,38,41)/t35-/m1/s1. The van der Waals surface area contributed by atoms with E-state index in [1.807, 2.05) is 45.0 Å². The van der Waals surface area contributed by atoms with Crippen molar-refractivity contribution >= 4 is 32.4 Å². The Balaban J connectivity index is 1.64. The molecule has 0 amide bonds. The van der Waals surface area contributed by atoms with Crippen LogP contribution in [0.25, 0.3) is 10.9 Å². The number of H-pyrrole nitrogens is 1. The summed E-state index contributed by atoms with van der Waals surface area (Å²) in [7, 11) is -1.93. The molecule has 2 aromatic carbocycles. The summed E-state index contributed by atoms with van der Waals surface area (Å²) in [6.45, 7) is 5.96. The molecule has 5 rings (SSSR count). The number of aromatic amines is 1. The summed E-state index contributed by atoms with van der Waals surface area (Å²) in [6.07, 6.45) is 5.71. The molecule has 0 aliphatic carbocycles. The number of halogens is 1. The third kappa shape index (κ3) is 7.31. The van der Waals surface area contributed by atoms with Crippen molar-refractivity contribution < 1.29 is 22.7 Å². The lowest BCUT2D eigenvalue weighted by Gasteiger charge is -2.32. The predicted molar refractivity (Wildman–Crippen MR) is 181 cm³/mol. The molecular formula is C35H42FN5O4S. The van der Waals surface area contributed by atoms with Gasteiger partial charge in [-0.2, -0.15) is 0 Å². The summed E-state index contributed by atoms with van der Waals surface area (Å²) < 4.78 is 48.8. The first-order valence-corrected chi connectivity index (χ1v) is 17.3. The summed E-state index contributed by atoms with van der Waals surface area (Å²) in [6, 6.07) is 14.3. The van der Waals surface area contributed by atoms with E-state index in [9.17, 15) is 13.5 Å². The van der Waals surface area contributed by atoms with Crippen molar-refractivity contribution in [2.45, 2.75) is 58.3 Å². The summed E-state index contributed by atoms with van der Waals surface area (Å²) in [5.74, 6) is 0.0814. The minimum absolute atomic E-state index is 0.0194. The summed E-state index contributed by atoms with van der Waals surface area (Å²) in [5, 5.41) is 10.3. The van der Waals surface area contributed by atoms with Gasteiger partial charge in [0.2, 0.25) is 0 Å². The van der Waals surface area contributed by atoms with Crippen molar-refractivity contribution in [2.24, 2.45) is 21.1 Å². The average molecular weight is 648 g/mol. The second kappa shape index (κ2) is 13.3. The van der Waals surface area contributed by atoms with Crippen LogP contribution in [0.3, 0.4) is 0 Å². The number of benzene rings is 2. The number of hydrogen-bond donors (Lipinski definition) is 3. The minimum atomic E-state index is -3.53. The maximum absolute atomic E-state index is 15.6. The van der Waals surface area contributed by atoms with Crippen LogP contribution >= 0.6 is 0 Å². The highest BCUT2D eigenvalue weighted by Crippen LogP contribution is 2.37. The number of aliphatic imine (C=N–C) groups is 2. The summed E-state index contributed by atoms with van der Waals surface area (Å²) in [5.41, 5.74) is 8.90. The zero-order valence-corrected chi connectivity index (χ0v) is 27.6. The van der Waals surface area contributed by atoms with E-state index < -0.39 is 26.5 Å². The van der Waals surface area contributed by atoms with Crippen molar-refractivity contribution in [2.75, 3.05) is 25.2 Å². The molecule has 9 nitrogen and oxygen atoms in total. The molecule has 244 valence electrons. The molecule has 0 saturated heterocycles. The largest absolute Gasteiger partial charge is 0.454 e. The maximum atomic E-state index is 15.6. The first-order valence-electron chi connectivity index (χ1n) is 15.5. The van der Waals surface area contributed by atoms with Gasteiger partial charge in [0.25, 0.3) is 0 Å². The number of amidine groups is 2. The molecule has 11 heteroatoms. The fraction of sp³-hybridized carbons (Fsp3) is 0.400. The fourth-order valence-corrected chi connectivity index (χ4v) is 8.29. The predicted octanol–water partition coefficient (Wildman–Crippen LogP) is 5.89. The number of sulfone groups is 1. The molecular weight excluding hydrogens is 605 g/mol. The molecule has 4 N–H and O–H groups in total. The number of nitrogens with two attached hydrogens (primary N) is 1. The normalized spacial score (nSPS) is 21.5. The van der Waals surface area contributed by atoms with Crippen molar-refractivity contribution in [3.63, 3.8) is 0 Å². The van der Waals surface area contributed by atoms with Gasteiger partial charge in [0.1, 0.15) is 17.3 Å². The number of ether oxygens (including phenoxy) is 1. The molecule has 0 spiro atoms. The number of rotatable bonds is 3. The average Bonchev–Trinajstić information content (AvgIpc) is 3.47. The Kier molecular flexibility index (Phi) is 9.65. The first-order chi connectivity index (χ1) is 21.8. The van der Waals surface area contributed by atoms with Gasteiger partial charge in [-0.25, -0.2) is 17.8 Å². The Morgan fingerprint density at radius 3 is 2.70 bits per heavy atom. The number of fused-ring (bicyclic) bond motifs is 5. The zero-order valence-electron chi connectivity index (χ0n) is 26.8. The number of aliphatic hydroxyl groups is 1. The van der Waals surface area contributed by atoms with Gasteiger partial charge < -0.3 is 20.6 Å². The van der Waals surface area contributed by atoms with Gasteiger partial charge in [-0.1, -0.05) is 44.5 Å². The van der Waals surface area contributed by atoms with Crippen molar-refractivity contribution in [1.82, 2.24) is 9.97 Å². The fourth-order valence-electron chi connectivity index (χ4n) is 6.29. The van der Waals surface area contributed by atoms with Gasteiger partial charge in [0, 0.05) is 60.1 Å². The van der Waals surface area contributed by atoms with Crippen molar-refractivity contribution in [1.29, 1.82) is 0 Å². The molecule has 0 radical (unpaired) electrons. The topological polar surface area (TPSA) is 143 Å². The zero-order chi connectivity index (χ0) is 33.1. The van der Waals surface area contributed by atoms with Gasteiger partial charge in [-0.05, 0) is 61.3 Å². The maximum Gasteiger partial charge on any atom is 0.175 e. The van der Waals surface area contributed by atoms with E-state index in [2.05, 4.69) is 15.0 Å². The molecule has 1 atom stereocenters. The lowest BCUT2D eigenvalue weighted by atomic mass is 9.75. The smallest absolute Gasteiger partial charge is 0.175 e. The van der Waals surface area contributed by atoms with Crippen LogP contribution in [0.2, 0.25) is 0 Å². The second-order valence-electron chi connectivity index (χ2n) is 13.0.